The van der Waals surface area contributed by atoms with E-state index in [1.165, 1.54) is 41.8 Å². The molecule has 3 N–H and O–H groups in total. The molecule has 7 nitrogen and oxygen atoms in total. The predicted molar refractivity (Wildman–Crippen MR) is 97.5 cm³/mol. The molecule has 0 unspecified atom stereocenters. The molecule has 0 saturated carbocycles. The SMILES string of the molecule is Cc1cc(N)ccc1Nc1ncc(C(=O)c2ccc([N+](=O)[O-])cc2)s1. The molecular weight excluding hydrogens is 340 g/mol. The number of nitrogen functional groups attached to an aromatic ring is 1. The third-order valence-electron chi connectivity index (χ3n) is 3.56. The zero-order valence-corrected chi connectivity index (χ0v) is 14.0. The van der Waals surface area contributed by atoms with Crippen LogP contribution in [0.4, 0.5) is 22.2 Å². The number of aryl methyl sites for hydroxylation is 1. The minimum atomic E-state index is -0.502. The van der Waals surface area contributed by atoms with Gasteiger partial charge in [-0.3, -0.25) is 14.9 Å². The van der Waals surface area contributed by atoms with Gasteiger partial charge < -0.3 is 11.1 Å². The molecule has 0 amide bonds. The molecule has 0 radical (unpaired) electrons. The Balaban J connectivity index is 1.78. The number of ketones is 1. The average Bonchev–Trinajstić information content (AvgIpc) is 3.05. The minimum Gasteiger partial charge on any atom is -0.399 e. The smallest absolute Gasteiger partial charge is 0.269 e. The third-order valence-corrected chi connectivity index (χ3v) is 4.47. The van der Waals surface area contributed by atoms with E-state index in [9.17, 15) is 14.9 Å². The first-order valence-corrected chi connectivity index (χ1v) is 8.14. The van der Waals surface area contributed by atoms with E-state index in [0.29, 0.717) is 21.3 Å². The van der Waals surface area contributed by atoms with Crippen molar-refractivity contribution in [3.8, 4) is 0 Å². The highest BCUT2D eigenvalue weighted by Crippen LogP contribution is 2.27. The number of benzene rings is 2. The van der Waals surface area contributed by atoms with Gasteiger partial charge in [-0.2, -0.15) is 0 Å². The lowest BCUT2D eigenvalue weighted by Crippen LogP contribution is -1.98. The molecule has 8 heteroatoms. The number of hydrogen-bond acceptors (Lipinski definition) is 7. The van der Waals surface area contributed by atoms with Crippen LogP contribution in [0.5, 0.6) is 0 Å². The lowest BCUT2D eigenvalue weighted by atomic mass is 10.1. The van der Waals surface area contributed by atoms with Crippen LogP contribution in [0.25, 0.3) is 0 Å². The molecule has 0 aliphatic rings. The number of aromatic nitrogens is 1. The van der Waals surface area contributed by atoms with Crippen molar-refractivity contribution < 1.29 is 9.72 Å². The number of hydrogen-bond donors (Lipinski definition) is 2. The molecule has 0 saturated heterocycles. The van der Waals surface area contributed by atoms with Gasteiger partial charge in [-0.15, -0.1) is 0 Å². The number of non-ortho nitro benzene ring substituents is 1. The Morgan fingerprint density at radius 2 is 1.96 bits per heavy atom. The quantitative estimate of drug-likeness (QED) is 0.311. The molecule has 0 spiro atoms. The molecule has 126 valence electrons. The van der Waals surface area contributed by atoms with Crippen LogP contribution < -0.4 is 11.1 Å². The summed E-state index contributed by atoms with van der Waals surface area (Å²) in [6.07, 6.45) is 1.49. The van der Waals surface area contributed by atoms with Crippen molar-refractivity contribution >= 4 is 39.3 Å². The Bertz CT molecular complexity index is 951. The maximum Gasteiger partial charge on any atom is 0.269 e. The maximum absolute atomic E-state index is 12.5. The Labute approximate surface area is 147 Å². The van der Waals surface area contributed by atoms with Gasteiger partial charge in [0, 0.05) is 29.1 Å². The van der Waals surface area contributed by atoms with E-state index in [1.807, 2.05) is 19.1 Å². The fraction of sp³-hybridized carbons (Fsp3) is 0.0588. The second kappa shape index (κ2) is 6.70. The van der Waals surface area contributed by atoms with Crippen LogP contribution in [-0.2, 0) is 0 Å². The molecule has 0 fully saturated rings. The van der Waals surface area contributed by atoms with Crippen LogP contribution in [0.2, 0.25) is 0 Å². The van der Waals surface area contributed by atoms with Crippen LogP contribution in [0, 0.1) is 17.0 Å². The zero-order valence-electron chi connectivity index (χ0n) is 13.2. The van der Waals surface area contributed by atoms with Crippen LogP contribution in [0.15, 0.2) is 48.7 Å². The summed E-state index contributed by atoms with van der Waals surface area (Å²) in [5, 5.41) is 14.4. The van der Waals surface area contributed by atoms with Crippen LogP contribution >= 0.6 is 11.3 Å². The van der Waals surface area contributed by atoms with Crippen molar-refractivity contribution in [3.05, 3.63) is 74.8 Å². The Hall–Kier alpha value is -3.26. The van der Waals surface area contributed by atoms with Crippen molar-refractivity contribution in [2.45, 2.75) is 6.92 Å². The molecule has 25 heavy (non-hydrogen) atoms. The number of nitrogens with two attached hydrogens (primary N) is 1. The van der Waals surface area contributed by atoms with Crippen molar-refractivity contribution in [2.75, 3.05) is 11.1 Å². The fourth-order valence-electron chi connectivity index (χ4n) is 2.26. The number of anilines is 3. The lowest BCUT2D eigenvalue weighted by Gasteiger charge is -2.07. The molecule has 1 heterocycles. The monoisotopic (exact) mass is 354 g/mol. The molecular formula is C17H14N4O3S. The Kier molecular flexibility index (Phi) is 4.44. The van der Waals surface area contributed by atoms with Gasteiger partial charge in [0.25, 0.3) is 5.69 Å². The number of carbonyl (C=O) groups is 1. The van der Waals surface area contributed by atoms with E-state index in [0.717, 1.165) is 11.3 Å². The van der Waals surface area contributed by atoms with Crippen LogP contribution in [-0.4, -0.2) is 15.7 Å². The van der Waals surface area contributed by atoms with Crippen molar-refractivity contribution in [1.29, 1.82) is 0 Å². The van der Waals surface area contributed by atoms with E-state index in [4.69, 9.17) is 5.73 Å². The van der Waals surface area contributed by atoms with E-state index in [2.05, 4.69) is 10.3 Å². The topological polar surface area (TPSA) is 111 Å². The molecule has 0 aliphatic carbocycles. The normalized spacial score (nSPS) is 10.4. The van der Waals surface area contributed by atoms with Gasteiger partial charge in [-0.25, -0.2) is 4.98 Å². The first-order valence-electron chi connectivity index (χ1n) is 7.32. The average molecular weight is 354 g/mol. The summed E-state index contributed by atoms with van der Waals surface area (Å²) < 4.78 is 0. The summed E-state index contributed by atoms with van der Waals surface area (Å²) in [7, 11) is 0. The summed E-state index contributed by atoms with van der Waals surface area (Å²) in [6, 6.07) is 11.0. The van der Waals surface area contributed by atoms with Gasteiger partial charge in [0.15, 0.2) is 5.13 Å². The Morgan fingerprint density at radius 3 is 2.60 bits per heavy atom. The van der Waals surface area contributed by atoms with Crippen molar-refractivity contribution in [1.82, 2.24) is 4.98 Å². The molecule has 0 atom stereocenters. The highest BCUT2D eigenvalue weighted by molar-refractivity contribution is 7.17. The second-order valence-electron chi connectivity index (χ2n) is 5.36. The highest BCUT2D eigenvalue weighted by atomic mass is 32.1. The predicted octanol–water partition coefficient (Wildman–Crippen LogP) is 3.92. The molecule has 0 bridgehead atoms. The van der Waals surface area contributed by atoms with Gasteiger partial charge >= 0.3 is 0 Å². The minimum absolute atomic E-state index is 0.0537. The number of rotatable bonds is 5. The van der Waals surface area contributed by atoms with Crippen molar-refractivity contribution in [2.24, 2.45) is 0 Å². The standard InChI is InChI=1S/C17H14N4O3S/c1-10-8-12(18)4-7-14(10)20-17-19-9-15(25-17)16(22)11-2-5-13(6-3-11)21(23)24/h2-9H,18H2,1H3,(H,19,20). The summed E-state index contributed by atoms with van der Waals surface area (Å²) >= 11 is 1.22. The van der Waals surface area contributed by atoms with Crippen molar-refractivity contribution in [3.63, 3.8) is 0 Å². The zero-order chi connectivity index (χ0) is 18.0. The number of carbonyl (C=O) groups excluding carboxylic acids is 1. The summed E-state index contributed by atoms with van der Waals surface area (Å²) in [5.74, 6) is -0.227. The third kappa shape index (κ3) is 3.64. The van der Waals surface area contributed by atoms with Crippen LogP contribution in [0.3, 0.4) is 0 Å². The number of nitro benzene ring substituents is 1. The fourth-order valence-corrected chi connectivity index (χ4v) is 3.05. The molecule has 3 aromatic rings. The first-order chi connectivity index (χ1) is 11.9. The summed E-state index contributed by atoms with van der Waals surface area (Å²) in [4.78, 5) is 27.3. The van der Waals surface area contributed by atoms with Crippen LogP contribution in [0.1, 0.15) is 20.8 Å². The maximum atomic E-state index is 12.5. The first kappa shape index (κ1) is 16.6. The van der Waals surface area contributed by atoms with Gasteiger partial charge in [0.05, 0.1) is 16.0 Å². The van der Waals surface area contributed by atoms with E-state index < -0.39 is 4.92 Å². The van der Waals surface area contributed by atoms with Gasteiger partial charge in [0.1, 0.15) is 0 Å². The number of nitro groups is 1. The summed E-state index contributed by atoms with van der Waals surface area (Å²) in [6.45, 7) is 1.93. The van der Waals surface area contributed by atoms with Gasteiger partial charge in [-0.1, -0.05) is 11.3 Å². The lowest BCUT2D eigenvalue weighted by molar-refractivity contribution is -0.384. The highest BCUT2D eigenvalue weighted by Gasteiger charge is 2.15. The van der Waals surface area contributed by atoms with E-state index in [-0.39, 0.29) is 11.5 Å². The number of nitrogens with zero attached hydrogens (tertiary/aromatic N) is 2. The molecule has 0 aliphatic heterocycles. The number of thiazole rings is 1. The van der Waals surface area contributed by atoms with E-state index in [1.54, 1.807) is 6.07 Å². The number of nitrogens with one attached hydrogen (secondary N) is 1. The second-order valence-corrected chi connectivity index (χ2v) is 6.39. The largest absolute Gasteiger partial charge is 0.399 e. The van der Waals surface area contributed by atoms with E-state index >= 15 is 0 Å². The molecule has 3 rings (SSSR count). The summed E-state index contributed by atoms with van der Waals surface area (Å²) in [5.41, 5.74) is 8.56. The molecule has 1 aromatic heterocycles. The van der Waals surface area contributed by atoms with Gasteiger partial charge in [-0.05, 0) is 42.8 Å². The Morgan fingerprint density at radius 1 is 1.24 bits per heavy atom. The van der Waals surface area contributed by atoms with Gasteiger partial charge in [0.2, 0.25) is 5.78 Å². The molecule has 2 aromatic carbocycles.